The molecule has 2 saturated carbocycles. The molecule has 2 fully saturated rings. The summed E-state index contributed by atoms with van der Waals surface area (Å²) in [7, 11) is -3.42. The molecule has 2 aliphatic rings. The number of esters is 2. The van der Waals surface area contributed by atoms with Crippen molar-refractivity contribution in [2.24, 2.45) is 35.5 Å². The monoisotopic (exact) mass is 534 g/mol. The third-order valence-electron chi connectivity index (χ3n) is 6.83. The van der Waals surface area contributed by atoms with Gasteiger partial charge in [0, 0.05) is 6.61 Å². The molecule has 0 bridgehead atoms. The van der Waals surface area contributed by atoms with Gasteiger partial charge >= 0.3 is 11.9 Å². The van der Waals surface area contributed by atoms with E-state index in [0.29, 0.717) is 12.3 Å². The summed E-state index contributed by atoms with van der Waals surface area (Å²) in [5.74, 6) is 0.593. The highest BCUT2D eigenvalue weighted by Crippen LogP contribution is 2.40. The van der Waals surface area contributed by atoms with Crippen LogP contribution in [0.25, 0.3) is 0 Å². The number of aliphatic hydroxyl groups excluding tert-OH is 1. The molecule has 2 aliphatic carbocycles. The Morgan fingerprint density at radius 2 is 1.17 bits per heavy atom. The molecule has 0 heterocycles. The lowest BCUT2D eigenvalue weighted by Crippen LogP contribution is -2.30. The van der Waals surface area contributed by atoms with Gasteiger partial charge in [-0.25, -0.2) is 0 Å². The van der Waals surface area contributed by atoms with Crippen LogP contribution in [-0.4, -0.2) is 56.1 Å². The van der Waals surface area contributed by atoms with Crippen molar-refractivity contribution in [3.63, 3.8) is 0 Å². The minimum absolute atomic E-state index is 0.0126. The zero-order valence-electron chi connectivity index (χ0n) is 23.8. The van der Waals surface area contributed by atoms with Gasteiger partial charge in [-0.2, -0.15) is 8.42 Å². The van der Waals surface area contributed by atoms with Crippen LogP contribution in [0.5, 0.6) is 0 Å². The predicted molar refractivity (Wildman–Crippen MR) is 140 cm³/mol. The number of ether oxygens (including phenoxy) is 2. The average Bonchev–Trinajstić information content (AvgIpc) is 3.33. The highest BCUT2D eigenvalue weighted by Gasteiger charge is 2.41. The fraction of sp³-hybridized carbons (Fsp3) is 0.926. The van der Waals surface area contributed by atoms with E-state index in [9.17, 15) is 18.0 Å². The maximum absolute atomic E-state index is 12.2. The molecule has 6 atom stereocenters. The Labute approximate surface area is 219 Å². The van der Waals surface area contributed by atoms with E-state index in [1.807, 2.05) is 48.5 Å². The van der Waals surface area contributed by atoms with E-state index in [1.54, 1.807) is 0 Å². The first-order valence-corrected chi connectivity index (χ1v) is 15.1. The third-order valence-corrected chi connectivity index (χ3v) is 7.39. The number of carbonyl (C=O) groups is 2. The van der Waals surface area contributed by atoms with Crippen molar-refractivity contribution < 1.29 is 36.8 Å². The maximum Gasteiger partial charge on any atom is 0.309 e. The Morgan fingerprint density at radius 1 is 0.778 bits per heavy atom. The zero-order valence-corrected chi connectivity index (χ0v) is 24.7. The zero-order chi connectivity index (χ0) is 27.9. The molecule has 1 N–H and O–H groups in total. The molecule has 0 amide bonds. The molecule has 0 spiro atoms. The van der Waals surface area contributed by atoms with Crippen molar-refractivity contribution in [2.75, 3.05) is 19.5 Å². The second-order valence-corrected chi connectivity index (χ2v) is 14.1. The molecule has 212 valence electrons. The fourth-order valence-corrected chi connectivity index (χ4v) is 5.66. The summed E-state index contributed by atoms with van der Waals surface area (Å²) in [6.45, 7) is 15.7. The first kappa shape index (κ1) is 32.8. The molecule has 0 aliphatic heterocycles. The lowest BCUT2D eigenvalue weighted by molar-refractivity contribution is -0.162. The molecular formula is C27H50O8S. The van der Waals surface area contributed by atoms with Crippen LogP contribution in [0.1, 0.15) is 93.9 Å². The summed E-state index contributed by atoms with van der Waals surface area (Å²) >= 11 is 0. The van der Waals surface area contributed by atoms with Crippen LogP contribution >= 0.6 is 0 Å². The van der Waals surface area contributed by atoms with E-state index in [2.05, 4.69) is 6.92 Å². The van der Waals surface area contributed by atoms with E-state index in [4.69, 9.17) is 18.8 Å². The van der Waals surface area contributed by atoms with Crippen molar-refractivity contribution in [3.8, 4) is 0 Å². The SMILES string of the molecule is CCC1CC(CO)CC1C(=O)OC(C)(C)C.CCC1CC(COS(C)(=O)=O)CC1C(=O)OC(C)(C)C. The number of carbonyl (C=O) groups excluding carboxylic acids is 2. The van der Waals surface area contributed by atoms with Gasteiger partial charge in [-0.15, -0.1) is 0 Å². The molecule has 8 nitrogen and oxygen atoms in total. The minimum Gasteiger partial charge on any atom is -0.460 e. The van der Waals surface area contributed by atoms with Gasteiger partial charge < -0.3 is 14.6 Å². The Morgan fingerprint density at radius 3 is 1.50 bits per heavy atom. The molecule has 0 aromatic carbocycles. The van der Waals surface area contributed by atoms with Gasteiger partial charge in [0.2, 0.25) is 0 Å². The maximum atomic E-state index is 12.2. The molecule has 0 aromatic heterocycles. The fourth-order valence-electron chi connectivity index (χ4n) is 5.22. The van der Waals surface area contributed by atoms with E-state index in [-0.39, 0.29) is 54.7 Å². The standard InChI is InChI=1S/C14H26O5S.C13H24O3/c1-6-11-7-10(9-18-20(5,16)17)8-12(11)13(15)19-14(2,3)4;1-5-10-6-9(8-14)7-11(10)12(15)16-13(2,3)4/h10-12H,6-9H2,1-5H3;9-11,14H,5-8H2,1-4H3. The summed E-state index contributed by atoms with van der Waals surface area (Å²) in [5, 5.41) is 9.16. The van der Waals surface area contributed by atoms with Gasteiger partial charge in [-0.1, -0.05) is 26.7 Å². The Hall–Kier alpha value is -1.19. The van der Waals surface area contributed by atoms with E-state index in [0.717, 1.165) is 38.4 Å². The van der Waals surface area contributed by atoms with E-state index >= 15 is 0 Å². The topological polar surface area (TPSA) is 116 Å². The smallest absolute Gasteiger partial charge is 0.309 e. The molecule has 0 saturated heterocycles. The van der Waals surface area contributed by atoms with E-state index < -0.39 is 21.3 Å². The van der Waals surface area contributed by atoms with Gasteiger partial charge in [0.1, 0.15) is 11.2 Å². The second-order valence-electron chi connectivity index (χ2n) is 12.5. The van der Waals surface area contributed by atoms with Gasteiger partial charge in [0.15, 0.2) is 0 Å². The first-order chi connectivity index (χ1) is 16.4. The first-order valence-electron chi connectivity index (χ1n) is 13.3. The van der Waals surface area contributed by atoms with Crippen LogP contribution in [0, 0.1) is 35.5 Å². The Bertz CT molecular complexity index is 809. The van der Waals surface area contributed by atoms with Gasteiger partial charge in [0.05, 0.1) is 24.7 Å². The van der Waals surface area contributed by atoms with Crippen molar-refractivity contribution in [2.45, 2.75) is 105 Å². The van der Waals surface area contributed by atoms with Crippen LogP contribution < -0.4 is 0 Å². The summed E-state index contributed by atoms with van der Waals surface area (Å²) in [6, 6.07) is 0. The number of rotatable bonds is 8. The number of hydrogen-bond donors (Lipinski definition) is 1. The molecular weight excluding hydrogens is 484 g/mol. The van der Waals surface area contributed by atoms with Crippen LogP contribution in [0.15, 0.2) is 0 Å². The molecule has 6 unspecified atom stereocenters. The van der Waals surface area contributed by atoms with Gasteiger partial charge in [-0.3, -0.25) is 13.8 Å². The molecule has 0 radical (unpaired) electrons. The molecule has 36 heavy (non-hydrogen) atoms. The largest absolute Gasteiger partial charge is 0.460 e. The summed E-state index contributed by atoms with van der Waals surface area (Å²) in [5.41, 5.74) is -0.899. The van der Waals surface area contributed by atoms with Crippen molar-refractivity contribution in [3.05, 3.63) is 0 Å². The van der Waals surface area contributed by atoms with Gasteiger partial charge in [-0.05, 0) is 90.9 Å². The van der Waals surface area contributed by atoms with Crippen molar-refractivity contribution in [1.29, 1.82) is 0 Å². The minimum atomic E-state index is -3.42. The van der Waals surface area contributed by atoms with Crippen molar-refractivity contribution in [1.82, 2.24) is 0 Å². The quantitative estimate of drug-likeness (QED) is 0.351. The van der Waals surface area contributed by atoms with Crippen LogP contribution in [0.4, 0.5) is 0 Å². The normalized spacial score (nSPS) is 28.8. The summed E-state index contributed by atoms with van der Waals surface area (Å²) < 4.78 is 37.8. The van der Waals surface area contributed by atoms with Crippen LogP contribution in [0.3, 0.4) is 0 Å². The van der Waals surface area contributed by atoms with Crippen molar-refractivity contribution >= 4 is 22.1 Å². The summed E-state index contributed by atoms with van der Waals surface area (Å²) in [6.07, 6.45) is 6.12. The van der Waals surface area contributed by atoms with E-state index in [1.165, 1.54) is 0 Å². The highest BCUT2D eigenvalue weighted by molar-refractivity contribution is 7.85. The van der Waals surface area contributed by atoms with Crippen LogP contribution in [0.2, 0.25) is 0 Å². The van der Waals surface area contributed by atoms with Crippen LogP contribution in [-0.2, 0) is 33.4 Å². The summed E-state index contributed by atoms with van der Waals surface area (Å²) in [4.78, 5) is 24.2. The third kappa shape index (κ3) is 11.9. The lowest BCUT2D eigenvalue weighted by Gasteiger charge is -2.24. The predicted octanol–water partition coefficient (Wildman–Crippen LogP) is 4.73. The second kappa shape index (κ2) is 13.6. The number of aliphatic hydroxyl groups is 1. The Balaban J connectivity index is 0.000000369. The van der Waals surface area contributed by atoms with Gasteiger partial charge in [0.25, 0.3) is 10.1 Å². The molecule has 9 heteroatoms. The lowest BCUT2D eigenvalue weighted by atomic mass is 9.93. The highest BCUT2D eigenvalue weighted by atomic mass is 32.2. The average molecular weight is 535 g/mol. The number of hydrogen-bond acceptors (Lipinski definition) is 8. The molecule has 2 rings (SSSR count). The Kier molecular flexibility index (Phi) is 12.4. The molecule has 0 aromatic rings.